The highest BCUT2D eigenvalue weighted by atomic mass is 16.7. The van der Waals surface area contributed by atoms with Gasteiger partial charge >= 0.3 is 0 Å². The molecule has 0 atom stereocenters. The van der Waals surface area contributed by atoms with Crippen LogP contribution in [-0.2, 0) is 6.42 Å². The van der Waals surface area contributed by atoms with Gasteiger partial charge in [-0.1, -0.05) is 12.1 Å². The molecule has 2 aliphatic heterocycles. The number of aromatic hydroxyl groups is 1. The van der Waals surface area contributed by atoms with E-state index in [1.165, 1.54) is 7.11 Å². The Bertz CT molecular complexity index is 961. The molecule has 0 spiro atoms. The lowest BCUT2D eigenvalue weighted by atomic mass is 9.97. The van der Waals surface area contributed by atoms with E-state index >= 15 is 0 Å². The van der Waals surface area contributed by atoms with Crippen molar-refractivity contribution in [2.24, 2.45) is 10.2 Å². The summed E-state index contributed by atoms with van der Waals surface area (Å²) >= 11 is 0. The highest BCUT2D eigenvalue weighted by Gasteiger charge is 2.20. The first kappa shape index (κ1) is 16.2. The fourth-order valence-corrected chi connectivity index (χ4v) is 2.97. The third kappa shape index (κ3) is 3.01. The van der Waals surface area contributed by atoms with E-state index in [2.05, 4.69) is 10.2 Å². The molecule has 0 aromatic heterocycles. The van der Waals surface area contributed by atoms with Crippen LogP contribution in [0.4, 0.5) is 0 Å². The molecule has 0 unspecified atom stereocenters. The van der Waals surface area contributed by atoms with Crippen molar-refractivity contribution in [3.63, 3.8) is 0 Å². The predicted octanol–water partition coefficient (Wildman–Crippen LogP) is 3.56. The van der Waals surface area contributed by atoms with E-state index in [1.807, 2.05) is 31.2 Å². The minimum atomic E-state index is 0.106. The van der Waals surface area contributed by atoms with E-state index in [1.54, 1.807) is 18.2 Å². The van der Waals surface area contributed by atoms with Crippen molar-refractivity contribution in [3.05, 3.63) is 53.1 Å². The van der Waals surface area contributed by atoms with Gasteiger partial charge in [0.1, 0.15) is 0 Å². The Morgan fingerprint density at radius 3 is 2.69 bits per heavy atom. The summed E-state index contributed by atoms with van der Waals surface area (Å²) in [5.41, 5.74) is 4.62. The zero-order valence-electron chi connectivity index (χ0n) is 14.5. The van der Waals surface area contributed by atoms with Crippen molar-refractivity contribution in [1.82, 2.24) is 0 Å². The molecule has 26 heavy (non-hydrogen) atoms. The van der Waals surface area contributed by atoms with Crippen LogP contribution >= 0.6 is 0 Å². The summed E-state index contributed by atoms with van der Waals surface area (Å²) in [7, 11) is 1.52. The average Bonchev–Trinajstić information content (AvgIpc) is 3.03. The average molecular weight is 350 g/mol. The summed E-state index contributed by atoms with van der Waals surface area (Å²) in [5.74, 6) is 2.00. The molecule has 0 fully saturated rings. The molecule has 2 heterocycles. The lowest BCUT2D eigenvalue weighted by Crippen LogP contribution is -2.03. The van der Waals surface area contributed by atoms with Gasteiger partial charge in [-0.15, -0.1) is 0 Å². The van der Waals surface area contributed by atoms with Crippen molar-refractivity contribution < 1.29 is 19.3 Å². The van der Waals surface area contributed by atoms with Crippen molar-refractivity contribution in [2.45, 2.75) is 13.3 Å². The topological polar surface area (TPSA) is 72.6 Å². The minimum absolute atomic E-state index is 0.106. The van der Waals surface area contributed by atoms with Crippen LogP contribution in [0.15, 0.2) is 46.6 Å². The zero-order chi connectivity index (χ0) is 18.1. The van der Waals surface area contributed by atoms with Crippen LogP contribution in [0.5, 0.6) is 23.0 Å². The molecular weight excluding hydrogens is 332 g/mol. The summed E-state index contributed by atoms with van der Waals surface area (Å²) in [5, 5.41) is 18.4. The SMILES string of the molecule is COc1cc(C=CC2=NN=C(C)Cc3cc4c(cc32)OCO4)ccc1O. The molecule has 4 rings (SSSR count). The minimum Gasteiger partial charge on any atom is -0.504 e. The van der Waals surface area contributed by atoms with Gasteiger partial charge < -0.3 is 19.3 Å². The molecule has 6 heteroatoms. The van der Waals surface area contributed by atoms with Crippen LogP contribution in [0.1, 0.15) is 23.6 Å². The zero-order valence-corrected chi connectivity index (χ0v) is 14.5. The highest BCUT2D eigenvalue weighted by molar-refractivity contribution is 6.13. The highest BCUT2D eigenvalue weighted by Crippen LogP contribution is 2.36. The maximum absolute atomic E-state index is 9.72. The quantitative estimate of drug-likeness (QED) is 0.919. The van der Waals surface area contributed by atoms with E-state index < -0.39 is 0 Å². The molecule has 0 bridgehead atoms. The third-order valence-corrected chi connectivity index (χ3v) is 4.29. The number of benzene rings is 2. The Labute approximate surface area is 151 Å². The Morgan fingerprint density at radius 2 is 1.88 bits per heavy atom. The van der Waals surface area contributed by atoms with Crippen molar-refractivity contribution in [1.29, 1.82) is 0 Å². The van der Waals surface area contributed by atoms with Crippen LogP contribution in [0.25, 0.3) is 6.08 Å². The van der Waals surface area contributed by atoms with Gasteiger partial charge in [0.25, 0.3) is 0 Å². The van der Waals surface area contributed by atoms with E-state index in [0.29, 0.717) is 12.2 Å². The van der Waals surface area contributed by atoms with E-state index in [9.17, 15) is 5.11 Å². The Kier molecular flexibility index (Phi) is 4.08. The van der Waals surface area contributed by atoms with Crippen molar-refractivity contribution in [2.75, 3.05) is 13.9 Å². The second-order valence-electron chi connectivity index (χ2n) is 6.12. The summed E-state index contributed by atoms with van der Waals surface area (Å²) in [6, 6.07) is 9.11. The van der Waals surface area contributed by atoms with E-state index in [0.717, 1.165) is 39.6 Å². The maximum Gasteiger partial charge on any atom is 0.231 e. The van der Waals surface area contributed by atoms with Gasteiger partial charge in [-0.2, -0.15) is 10.2 Å². The number of hydrogen-bond donors (Lipinski definition) is 1. The second-order valence-corrected chi connectivity index (χ2v) is 6.12. The molecule has 132 valence electrons. The first-order valence-corrected chi connectivity index (χ1v) is 8.23. The normalized spacial score (nSPS) is 15.3. The number of allylic oxidation sites excluding steroid dienone is 1. The number of phenolic OH excluding ortho intramolecular Hbond substituents is 1. The van der Waals surface area contributed by atoms with E-state index in [-0.39, 0.29) is 12.5 Å². The fourth-order valence-electron chi connectivity index (χ4n) is 2.97. The number of nitrogens with zero attached hydrogens (tertiary/aromatic N) is 2. The standard InChI is InChI=1S/C20H18N2O4/c1-12-7-14-9-19-20(26-11-25-19)10-15(14)16(22-21-12)5-3-13-4-6-17(23)18(8-13)24-2/h3-6,8-10,23H,7,11H2,1-2H3. The molecule has 1 N–H and O–H groups in total. The molecular formula is C20H18N2O4. The van der Waals surface area contributed by atoms with Gasteiger partial charge in [-0.25, -0.2) is 0 Å². The van der Waals surface area contributed by atoms with E-state index in [4.69, 9.17) is 14.2 Å². The summed E-state index contributed by atoms with van der Waals surface area (Å²) in [6.07, 6.45) is 4.51. The first-order valence-electron chi connectivity index (χ1n) is 8.23. The van der Waals surface area contributed by atoms with Gasteiger partial charge in [0.15, 0.2) is 23.0 Å². The summed E-state index contributed by atoms with van der Waals surface area (Å²) in [4.78, 5) is 0. The van der Waals surface area contributed by atoms with Gasteiger partial charge in [0, 0.05) is 17.7 Å². The molecule has 2 aromatic carbocycles. The largest absolute Gasteiger partial charge is 0.504 e. The van der Waals surface area contributed by atoms with Crippen LogP contribution in [-0.4, -0.2) is 30.4 Å². The number of rotatable bonds is 3. The Morgan fingerprint density at radius 1 is 1.08 bits per heavy atom. The molecule has 0 saturated carbocycles. The first-order chi connectivity index (χ1) is 12.6. The lowest BCUT2D eigenvalue weighted by Gasteiger charge is -2.08. The number of ether oxygens (including phenoxy) is 3. The van der Waals surface area contributed by atoms with Crippen molar-refractivity contribution >= 4 is 17.5 Å². The number of hydrogen-bond acceptors (Lipinski definition) is 6. The second kappa shape index (κ2) is 6.55. The van der Waals surface area contributed by atoms with Crippen LogP contribution in [0, 0.1) is 0 Å². The smallest absolute Gasteiger partial charge is 0.231 e. The van der Waals surface area contributed by atoms with Crippen LogP contribution in [0.3, 0.4) is 0 Å². The molecule has 0 radical (unpaired) electrons. The Hall–Kier alpha value is -3.28. The lowest BCUT2D eigenvalue weighted by molar-refractivity contribution is 0.174. The molecule has 2 aliphatic rings. The van der Waals surface area contributed by atoms with Gasteiger partial charge in [0.05, 0.1) is 12.8 Å². The predicted molar refractivity (Wildman–Crippen MR) is 99.6 cm³/mol. The Balaban J connectivity index is 1.72. The number of methoxy groups -OCH3 is 1. The molecule has 0 saturated heterocycles. The molecule has 2 aromatic rings. The monoisotopic (exact) mass is 350 g/mol. The third-order valence-electron chi connectivity index (χ3n) is 4.29. The molecule has 0 aliphatic carbocycles. The summed E-state index contributed by atoms with van der Waals surface area (Å²) in [6.45, 7) is 2.19. The van der Waals surface area contributed by atoms with Crippen LogP contribution in [0.2, 0.25) is 0 Å². The van der Waals surface area contributed by atoms with Crippen LogP contribution < -0.4 is 14.2 Å². The van der Waals surface area contributed by atoms with Gasteiger partial charge in [0.2, 0.25) is 6.79 Å². The molecule has 0 amide bonds. The molecule has 6 nitrogen and oxygen atoms in total. The van der Waals surface area contributed by atoms with Crippen molar-refractivity contribution in [3.8, 4) is 23.0 Å². The number of fused-ring (bicyclic) bond motifs is 2. The van der Waals surface area contributed by atoms with Gasteiger partial charge in [-0.05, 0) is 48.4 Å². The van der Waals surface area contributed by atoms with Gasteiger partial charge in [-0.3, -0.25) is 0 Å². The maximum atomic E-state index is 9.72. The fraction of sp³-hybridized carbons (Fsp3) is 0.200. The number of phenols is 1. The summed E-state index contributed by atoms with van der Waals surface area (Å²) < 4.78 is 16.1.